The minimum Gasteiger partial charge on any atom is -0.468 e. The van der Waals surface area contributed by atoms with Gasteiger partial charge in [-0.05, 0) is 12.1 Å². The fraction of sp³-hybridized carbons (Fsp3) is 0.444. The highest BCUT2D eigenvalue weighted by molar-refractivity contribution is 7.90. The van der Waals surface area contributed by atoms with Crippen LogP contribution in [0.4, 0.5) is 0 Å². The Kier molecular flexibility index (Phi) is 4.80. The normalized spacial score (nSPS) is 11.6. The summed E-state index contributed by atoms with van der Waals surface area (Å²) >= 11 is 5.36. The Hall–Kier alpha value is -1.03. The molecule has 0 saturated carbocycles. The first kappa shape index (κ1) is 13.0. The van der Waals surface area contributed by atoms with Gasteiger partial charge in [-0.2, -0.15) is 9.57 Å². The van der Waals surface area contributed by atoms with Crippen molar-refractivity contribution in [2.24, 2.45) is 0 Å². The van der Waals surface area contributed by atoms with Crippen LogP contribution in [-0.4, -0.2) is 24.5 Å². The van der Waals surface area contributed by atoms with E-state index in [1.165, 1.54) is 6.26 Å². The zero-order valence-corrected chi connectivity index (χ0v) is 10.0. The third kappa shape index (κ3) is 3.52. The van der Waals surface area contributed by atoms with E-state index in [2.05, 4.69) is 0 Å². The maximum absolute atomic E-state index is 11.6. The van der Waals surface area contributed by atoms with Gasteiger partial charge in [-0.15, -0.1) is 11.6 Å². The van der Waals surface area contributed by atoms with Gasteiger partial charge in [0.15, 0.2) is 0 Å². The van der Waals surface area contributed by atoms with E-state index >= 15 is 0 Å². The number of halogens is 1. The van der Waals surface area contributed by atoms with Crippen LogP contribution < -0.4 is 0 Å². The molecule has 0 saturated heterocycles. The second-order valence-corrected chi connectivity index (χ2v) is 5.60. The van der Waals surface area contributed by atoms with Crippen LogP contribution in [0.2, 0.25) is 0 Å². The van der Waals surface area contributed by atoms with E-state index in [-0.39, 0.29) is 19.5 Å². The van der Waals surface area contributed by atoms with Crippen LogP contribution in [0, 0.1) is 11.3 Å². The molecule has 1 heterocycles. The molecule has 0 unspecified atom stereocenters. The van der Waals surface area contributed by atoms with Gasteiger partial charge in [0.25, 0.3) is 0 Å². The Morgan fingerprint density at radius 3 is 2.81 bits per heavy atom. The predicted molar refractivity (Wildman–Crippen MR) is 59.0 cm³/mol. The van der Waals surface area contributed by atoms with Crippen LogP contribution in [0.15, 0.2) is 22.8 Å². The molecule has 1 aromatic heterocycles. The van der Waals surface area contributed by atoms with Crippen LogP contribution in [0.5, 0.6) is 0 Å². The molecule has 0 aliphatic carbocycles. The summed E-state index contributed by atoms with van der Waals surface area (Å²) in [6.07, 6.45) is 1.59. The van der Waals surface area contributed by atoms with E-state index in [4.69, 9.17) is 21.3 Å². The number of alkyl halides is 1. The molecule has 88 valence electrons. The van der Waals surface area contributed by atoms with Crippen LogP contribution in [0.25, 0.3) is 0 Å². The van der Waals surface area contributed by atoms with Gasteiger partial charge < -0.3 is 4.42 Å². The first-order valence-corrected chi connectivity index (χ1v) is 6.67. The fourth-order valence-corrected chi connectivity index (χ4v) is 2.38. The molecule has 0 fully saturated rings. The average Bonchev–Trinajstić information content (AvgIpc) is 2.76. The third-order valence-electron chi connectivity index (χ3n) is 1.92. The minimum absolute atomic E-state index is 0.101. The molecule has 7 heteroatoms. The molecule has 0 aromatic carbocycles. The van der Waals surface area contributed by atoms with Gasteiger partial charge in [0.1, 0.15) is 11.0 Å². The quantitative estimate of drug-likeness (QED) is 0.729. The maximum atomic E-state index is 11.6. The van der Waals surface area contributed by atoms with Gasteiger partial charge in [-0.25, -0.2) is 8.42 Å². The van der Waals surface area contributed by atoms with Gasteiger partial charge in [0.2, 0.25) is 10.0 Å². The molecular weight excluding hydrogens is 252 g/mol. The lowest BCUT2D eigenvalue weighted by Gasteiger charge is -2.18. The van der Waals surface area contributed by atoms with Crippen LogP contribution >= 0.6 is 11.6 Å². The molecule has 0 aliphatic heterocycles. The topological polar surface area (TPSA) is 74.3 Å². The van der Waals surface area contributed by atoms with E-state index in [9.17, 15) is 8.42 Å². The Labute approximate surface area is 99.3 Å². The predicted octanol–water partition coefficient (Wildman–Crippen LogP) is 1.52. The van der Waals surface area contributed by atoms with Gasteiger partial charge in [-0.1, -0.05) is 0 Å². The lowest BCUT2D eigenvalue weighted by molar-refractivity contribution is 0.370. The van der Waals surface area contributed by atoms with Crippen LogP contribution in [0.1, 0.15) is 12.2 Å². The highest BCUT2D eigenvalue weighted by Crippen LogP contribution is 2.11. The molecule has 0 radical (unpaired) electrons. The minimum atomic E-state index is -3.52. The van der Waals surface area contributed by atoms with Gasteiger partial charge in [0.05, 0.1) is 18.9 Å². The monoisotopic (exact) mass is 262 g/mol. The summed E-state index contributed by atoms with van der Waals surface area (Å²) < 4.78 is 29.3. The van der Waals surface area contributed by atoms with E-state index < -0.39 is 15.2 Å². The Balaban J connectivity index is 2.76. The zero-order valence-electron chi connectivity index (χ0n) is 8.47. The molecule has 16 heavy (non-hydrogen) atoms. The van der Waals surface area contributed by atoms with Crippen LogP contribution in [0.3, 0.4) is 0 Å². The van der Waals surface area contributed by atoms with Crippen molar-refractivity contribution < 1.29 is 12.8 Å². The van der Waals surface area contributed by atoms with Crippen molar-refractivity contribution in [2.75, 3.05) is 11.8 Å². The van der Waals surface area contributed by atoms with Crippen molar-refractivity contribution in [2.45, 2.75) is 13.0 Å². The molecule has 5 nitrogen and oxygen atoms in total. The Bertz CT molecular complexity index is 450. The van der Waals surface area contributed by atoms with E-state index in [1.807, 2.05) is 6.07 Å². The fourth-order valence-electron chi connectivity index (χ4n) is 1.14. The highest BCUT2D eigenvalue weighted by Gasteiger charge is 2.21. The number of nitrogens with zero attached hydrogens (tertiary/aromatic N) is 2. The number of rotatable bonds is 6. The molecule has 0 N–H and O–H groups in total. The molecule has 0 atom stereocenters. The SMILES string of the molecule is N#CCCN(Cc1ccco1)S(=O)(=O)CCl. The maximum Gasteiger partial charge on any atom is 0.228 e. The molecule has 0 spiro atoms. The summed E-state index contributed by atoms with van der Waals surface area (Å²) in [6, 6.07) is 5.24. The smallest absolute Gasteiger partial charge is 0.228 e. The van der Waals surface area contributed by atoms with Crippen molar-refractivity contribution in [3.63, 3.8) is 0 Å². The second-order valence-electron chi connectivity index (χ2n) is 3.04. The lowest BCUT2D eigenvalue weighted by Crippen LogP contribution is -2.32. The van der Waals surface area contributed by atoms with Gasteiger partial charge in [0, 0.05) is 13.0 Å². The number of nitriles is 1. The Morgan fingerprint density at radius 2 is 2.31 bits per heavy atom. The molecular formula is C9H11ClN2O3S. The van der Waals surface area contributed by atoms with E-state index in [0.29, 0.717) is 5.76 Å². The van der Waals surface area contributed by atoms with Gasteiger partial charge in [-0.3, -0.25) is 0 Å². The highest BCUT2D eigenvalue weighted by atomic mass is 35.5. The summed E-state index contributed by atoms with van der Waals surface area (Å²) in [5, 5.41) is 7.95. The van der Waals surface area contributed by atoms with Crippen molar-refractivity contribution in [3.05, 3.63) is 24.2 Å². The van der Waals surface area contributed by atoms with E-state index in [0.717, 1.165) is 4.31 Å². The molecule has 1 rings (SSSR count). The van der Waals surface area contributed by atoms with Crippen molar-refractivity contribution in [3.8, 4) is 6.07 Å². The van der Waals surface area contributed by atoms with Crippen molar-refractivity contribution in [1.29, 1.82) is 5.26 Å². The number of hydrogen-bond acceptors (Lipinski definition) is 4. The first-order chi connectivity index (χ1) is 7.60. The van der Waals surface area contributed by atoms with Crippen molar-refractivity contribution >= 4 is 21.6 Å². The van der Waals surface area contributed by atoms with Crippen molar-refractivity contribution in [1.82, 2.24) is 4.31 Å². The number of hydrogen-bond donors (Lipinski definition) is 0. The van der Waals surface area contributed by atoms with Crippen LogP contribution in [-0.2, 0) is 16.6 Å². The third-order valence-corrected chi connectivity index (χ3v) is 4.12. The summed E-state index contributed by atoms with van der Waals surface area (Å²) in [5.41, 5.74) is 0. The summed E-state index contributed by atoms with van der Waals surface area (Å²) in [4.78, 5) is 0. The molecule has 0 amide bonds. The molecule has 0 bridgehead atoms. The lowest BCUT2D eigenvalue weighted by atomic mass is 10.4. The largest absolute Gasteiger partial charge is 0.468 e. The summed E-state index contributed by atoms with van der Waals surface area (Å²) in [7, 11) is -3.52. The Morgan fingerprint density at radius 1 is 1.56 bits per heavy atom. The first-order valence-electron chi connectivity index (χ1n) is 4.53. The second kappa shape index (κ2) is 5.89. The number of sulfonamides is 1. The van der Waals surface area contributed by atoms with E-state index in [1.54, 1.807) is 12.1 Å². The van der Waals surface area contributed by atoms with Gasteiger partial charge >= 0.3 is 0 Å². The summed E-state index contributed by atoms with van der Waals surface area (Å²) in [6.45, 7) is 0.218. The standard InChI is InChI=1S/C9H11ClN2O3S/c10-8-16(13,14)12(5-2-4-11)7-9-3-1-6-15-9/h1,3,6H,2,5,7-8H2. The summed E-state index contributed by atoms with van der Waals surface area (Å²) in [5.74, 6) is 0.520. The number of furan rings is 1. The average molecular weight is 263 g/mol. The zero-order chi connectivity index (χ0) is 12.0. The molecule has 0 aliphatic rings. The molecule has 1 aromatic rings.